The molecule has 0 aliphatic carbocycles. The highest BCUT2D eigenvalue weighted by molar-refractivity contribution is 5.81. The first kappa shape index (κ1) is 14.3. The molecule has 0 saturated carbocycles. The average Bonchev–Trinajstić information content (AvgIpc) is 3.01. The zero-order chi connectivity index (χ0) is 14.8. The second-order valence-corrected chi connectivity index (χ2v) is 6.90. The molecule has 0 unspecified atom stereocenters. The molecule has 0 bridgehead atoms. The summed E-state index contributed by atoms with van der Waals surface area (Å²) in [6.45, 7) is 6.22. The van der Waals surface area contributed by atoms with Gasteiger partial charge in [0.1, 0.15) is 5.58 Å². The molecule has 2 aliphatic rings. The van der Waals surface area contributed by atoms with E-state index in [9.17, 15) is 0 Å². The summed E-state index contributed by atoms with van der Waals surface area (Å²) in [6, 6.07) is 8.45. The molecule has 118 valence electrons. The van der Waals surface area contributed by atoms with Gasteiger partial charge in [0.05, 0.1) is 12.9 Å². The van der Waals surface area contributed by atoms with Crippen molar-refractivity contribution in [2.45, 2.75) is 38.0 Å². The fraction of sp³-hybridized carbons (Fsp3) is 0.579. The van der Waals surface area contributed by atoms with E-state index in [1.807, 2.05) is 6.26 Å². The van der Waals surface area contributed by atoms with Gasteiger partial charge in [-0.15, -0.1) is 0 Å². The van der Waals surface area contributed by atoms with Crippen LogP contribution in [0, 0.1) is 0 Å². The molecule has 0 spiro atoms. The Kier molecular flexibility index (Phi) is 4.17. The first-order chi connectivity index (χ1) is 10.9. The van der Waals surface area contributed by atoms with Crippen LogP contribution in [0.25, 0.3) is 11.0 Å². The molecule has 0 N–H and O–H groups in total. The minimum absolute atomic E-state index is 0.668. The molecule has 1 aromatic heterocycles. The van der Waals surface area contributed by atoms with Crippen LogP contribution in [0.5, 0.6) is 0 Å². The second-order valence-electron chi connectivity index (χ2n) is 6.90. The monoisotopic (exact) mass is 298 g/mol. The standard InChI is InChI=1S/C19H26N2O/c1-4-10-20(11-5-1)15-21-12-8-16(9-13-21)18-14-22-19-7-3-2-6-17(18)19/h2-3,6-7,14,16H,1,4-5,8-13,15H2. The Hall–Kier alpha value is -1.32. The van der Waals surface area contributed by atoms with Gasteiger partial charge < -0.3 is 4.42 Å². The summed E-state index contributed by atoms with van der Waals surface area (Å²) < 4.78 is 5.73. The molecule has 0 radical (unpaired) electrons. The predicted molar refractivity (Wildman–Crippen MR) is 90.1 cm³/mol. The van der Waals surface area contributed by atoms with E-state index in [0.717, 1.165) is 5.58 Å². The molecule has 2 saturated heterocycles. The van der Waals surface area contributed by atoms with Gasteiger partial charge in [0, 0.05) is 10.9 Å². The molecule has 0 amide bonds. The van der Waals surface area contributed by atoms with Gasteiger partial charge in [-0.3, -0.25) is 9.80 Å². The highest BCUT2D eigenvalue weighted by Gasteiger charge is 2.24. The van der Waals surface area contributed by atoms with Crippen molar-refractivity contribution in [1.29, 1.82) is 0 Å². The van der Waals surface area contributed by atoms with Gasteiger partial charge in [-0.25, -0.2) is 0 Å². The Labute approximate surface area is 132 Å². The number of para-hydroxylation sites is 1. The largest absolute Gasteiger partial charge is 0.464 e. The molecular weight excluding hydrogens is 272 g/mol. The number of fused-ring (bicyclic) bond motifs is 1. The van der Waals surface area contributed by atoms with Gasteiger partial charge in [-0.1, -0.05) is 24.6 Å². The summed E-state index contributed by atoms with van der Waals surface area (Å²) in [6.07, 6.45) is 8.71. The number of piperidine rings is 2. The molecule has 22 heavy (non-hydrogen) atoms. The molecule has 0 atom stereocenters. The lowest BCUT2D eigenvalue weighted by atomic mass is 9.89. The molecule has 3 heterocycles. The van der Waals surface area contributed by atoms with E-state index in [0.29, 0.717) is 5.92 Å². The van der Waals surface area contributed by atoms with Crippen LogP contribution < -0.4 is 0 Å². The molecule has 2 aliphatic heterocycles. The number of rotatable bonds is 3. The van der Waals surface area contributed by atoms with Crippen LogP contribution in [0.15, 0.2) is 34.9 Å². The Morgan fingerprint density at radius 2 is 1.64 bits per heavy atom. The Morgan fingerprint density at radius 3 is 2.45 bits per heavy atom. The van der Waals surface area contributed by atoms with Gasteiger partial charge >= 0.3 is 0 Å². The van der Waals surface area contributed by atoms with Crippen molar-refractivity contribution in [3.8, 4) is 0 Å². The zero-order valence-corrected chi connectivity index (χ0v) is 13.3. The topological polar surface area (TPSA) is 19.6 Å². The normalized spacial score (nSPS) is 22.4. The second kappa shape index (κ2) is 6.43. The number of hydrogen-bond acceptors (Lipinski definition) is 3. The maximum Gasteiger partial charge on any atom is 0.134 e. The molecule has 2 aromatic rings. The van der Waals surface area contributed by atoms with Crippen molar-refractivity contribution in [3.63, 3.8) is 0 Å². The molecule has 1 aromatic carbocycles. The first-order valence-electron chi connectivity index (χ1n) is 8.81. The summed E-state index contributed by atoms with van der Waals surface area (Å²) in [5.41, 5.74) is 2.46. The van der Waals surface area contributed by atoms with E-state index in [2.05, 4.69) is 34.1 Å². The van der Waals surface area contributed by atoms with Crippen molar-refractivity contribution in [2.75, 3.05) is 32.8 Å². The molecule has 2 fully saturated rings. The smallest absolute Gasteiger partial charge is 0.134 e. The highest BCUT2D eigenvalue weighted by atomic mass is 16.3. The Balaban J connectivity index is 1.37. The van der Waals surface area contributed by atoms with Crippen molar-refractivity contribution in [1.82, 2.24) is 9.80 Å². The van der Waals surface area contributed by atoms with E-state index in [4.69, 9.17) is 4.42 Å². The fourth-order valence-electron chi connectivity index (χ4n) is 4.08. The third-order valence-corrected chi connectivity index (χ3v) is 5.39. The predicted octanol–water partition coefficient (Wildman–Crippen LogP) is 4.06. The van der Waals surface area contributed by atoms with Crippen LogP contribution in [0.3, 0.4) is 0 Å². The number of likely N-dealkylation sites (tertiary alicyclic amines) is 2. The van der Waals surface area contributed by atoms with Crippen LogP contribution in [-0.2, 0) is 0 Å². The van der Waals surface area contributed by atoms with Crippen LogP contribution in [0.2, 0.25) is 0 Å². The van der Waals surface area contributed by atoms with E-state index >= 15 is 0 Å². The van der Waals surface area contributed by atoms with Crippen LogP contribution >= 0.6 is 0 Å². The number of nitrogens with zero attached hydrogens (tertiary/aromatic N) is 2. The Bertz CT molecular complexity index is 607. The van der Waals surface area contributed by atoms with Crippen molar-refractivity contribution in [2.24, 2.45) is 0 Å². The van der Waals surface area contributed by atoms with Gasteiger partial charge in [0.2, 0.25) is 0 Å². The maximum absolute atomic E-state index is 5.73. The summed E-state index contributed by atoms with van der Waals surface area (Å²) >= 11 is 0. The molecule has 3 nitrogen and oxygen atoms in total. The van der Waals surface area contributed by atoms with Crippen LogP contribution in [0.1, 0.15) is 43.6 Å². The third kappa shape index (κ3) is 2.92. The molecule has 4 rings (SSSR count). The fourth-order valence-corrected chi connectivity index (χ4v) is 4.08. The molecular formula is C19H26N2O. The highest BCUT2D eigenvalue weighted by Crippen LogP contribution is 2.34. The lowest BCUT2D eigenvalue weighted by Gasteiger charge is -2.37. The van der Waals surface area contributed by atoms with E-state index in [-0.39, 0.29) is 0 Å². The van der Waals surface area contributed by atoms with E-state index in [1.54, 1.807) is 0 Å². The van der Waals surface area contributed by atoms with Gasteiger partial charge in [0.25, 0.3) is 0 Å². The number of benzene rings is 1. The SMILES string of the molecule is c1ccc2c(C3CCN(CN4CCCCC4)CC3)coc2c1. The number of hydrogen-bond donors (Lipinski definition) is 0. The number of furan rings is 1. The molecule has 3 heteroatoms. The minimum atomic E-state index is 0.668. The van der Waals surface area contributed by atoms with Crippen LogP contribution in [0.4, 0.5) is 0 Å². The lowest BCUT2D eigenvalue weighted by Crippen LogP contribution is -2.43. The average molecular weight is 298 g/mol. The minimum Gasteiger partial charge on any atom is -0.464 e. The summed E-state index contributed by atoms with van der Waals surface area (Å²) in [7, 11) is 0. The first-order valence-corrected chi connectivity index (χ1v) is 8.81. The van der Waals surface area contributed by atoms with Gasteiger partial charge in [0.15, 0.2) is 0 Å². The third-order valence-electron chi connectivity index (χ3n) is 5.39. The lowest BCUT2D eigenvalue weighted by molar-refractivity contribution is 0.0927. The van der Waals surface area contributed by atoms with Crippen molar-refractivity contribution in [3.05, 3.63) is 36.1 Å². The maximum atomic E-state index is 5.73. The van der Waals surface area contributed by atoms with Crippen molar-refractivity contribution < 1.29 is 4.42 Å². The van der Waals surface area contributed by atoms with E-state index in [1.165, 1.54) is 75.9 Å². The summed E-state index contributed by atoms with van der Waals surface area (Å²) in [4.78, 5) is 5.28. The van der Waals surface area contributed by atoms with Gasteiger partial charge in [-0.2, -0.15) is 0 Å². The summed E-state index contributed by atoms with van der Waals surface area (Å²) in [5, 5.41) is 1.32. The quantitative estimate of drug-likeness (QED) is 0.852. The zero-order valence-electron chi connectivity index (χ0n) is 13.3. The van der Waals surface area contributed by atoms with Gasteiger partial charge in [-0.05, 0) is 63.8 Å². The summed E-state index contributed by atoms with van der Waals surface area (Å²) in [5.74, 6) is 0.668. The van der Waals surface area contributed by atoms with Crippen molar-refractivity contribution >= 4 is 11.0 Å². The van der Waals surface area contributed by atoms with E-state index < -0.39 is 0 Å². The van der Waals surface area contributed by atoms with Crippen LogP contribution in [-0.4, -0.2) is 42.6 Å². The Morgan fingerprint density at radius 1 is 0.909 bits per heavy atom.